The topological polar surface area (TPSA) is 70.1 Å². The molecule has 1 atom stereocenters. The van der Waals surface area contributed by atoms with E-state index in [2.05, 4.69) is 0 Å². The van der Waals surface area contributed by atoms with Crippen LogP contribution in [0.15, 0.2) is 24.3 Å². The molecule has 1 unspecified atom stereocenters. The van der Waals surface area contributed by atoms with E-state index in [1.165, 1.54) is 9.80 Å². The SMILES string of the molecule is CCOc1ccccc1N1C(=O)N(C)CC1C(=O)O. The molecule has 6 heteroatoms. The van der Waals surface area contributed by atoms with Gasteiger partial charge in [-0.1, -0.05) is 12.1 Å². The number of urea groups is 1. The first-order valence-electron chi connectivity index (χ1n) is 6.05. The molecule has 2 rings (SSSR count). The number of hydrogen-bond donors (Lipinski definition) is 1. The third-order valence-corrected chi connectivity index (χ3v) is 3.00. The van der Waals surface area contributed by atoms with Gasteiger partial charge in [0, 0.05) is 7.05 Å². The lowest BCUT2D eigenvalue weighted by Crippen LogP contribution is -2.39. The van der Waals surface area contributed by atoms with Gasteiger partial charge in [-0.2, -0.15) is 0 Å². The van der Waals surface area contributed by atoms with Gasteiger partial charge < -0.3 is 14.7 Å². The maximum atomic E-state index is 12.1. The van der Waals surface area contributed by atoms with Gasteiger partial charge >= 0.3 is 12.0 Å². The molecule has 6 nitrogen and oxygen atoms in total. The Balaban J connectivity index is 2.43. The summed E-state index contributed by atoms with van der Waals surface area (Å²) in [6.07, 6.45) is 0. The van der Waals surface area contributed by atoms with Crippen LogP contribution in [0.1, 0.15) is 6.92 Å². The first-order valence-corrected chi connectivity index (χ1v) is 6.05. The minimum Gasteiger partial charge on any atom is -0.492 e. The van der Waals surface area contributed by atoms with E-state index < -0.39 is 12.0 Å². The van der Waals surface area contributed by atoms with Crippen LogP contribution in [-0.2, 0) is 4.79 Å². The minimum absolute atomic E-state index is 0.161. The number of carbonyl (C=O) groups is 2. The number of ether oxygens (including phenoxy) is 1. The molecule has 102 valence electrons. The largest absolute Gasteiger partial charge is 0.492 e. The summed E-state index contributed by atoms with van der Waals surface area (Å²) in [4.78, 5) is 26.1. The average molecular weight is 264 g/mol. The van der Waals surface area contributed by atoms with Crippen molar-refractivity contribution in [2.45, 2.75) is 13.0 Å². The first-order chi connectivity index (χ1) is 9.06. The molecule has 0 saturated carbocycles. The Morgan fingerprint density at radius 2 is 2.16 bits per heavy atom. The maximum absolute atomic E-state index is 12.1. The predicted molar refractivity (Wildman–Crippen MR) is 69.5 cm³/mol. The average Bonchev–Trinajstić information content (AvgIpc) is 2.68. The van der Waals surface area contributed by atoms with E-state index in [-0.39, 0.29) is 12.6 Å². The Morgan fingerprint density at radius 1 is 1.47 bits per heavy atom. The summed E-state index contributed by atoms with van der Waals surface area (Å²) in [5, 5.41) is 9.24. The molecule has 1 aromatic carbocycles. The zero-order valence-electron chi connectivity index (χ0n) is 10.9. The number of rotatable bonds is 4. The van der Waals surface area contributed by atoms with E-state index in [0.29, 0.717) is 18.0 Å². The van der Waals surface area contributed by atoms with Gasteiger partial charge in [0.2, 0.25) is 0 Å². The molecule has 0 radical (unpaired) electrons. The number of anilines is 1. The van der Waals surface area contributed by atoms with Crippen LogP contribution in [0.2, 0.25) is 0 Å². The van der Waals surface area contributed by atoms with Crippen molar-refractivity contribution < 1.29 is 19.4 Å². The van der Waals surface area contributed by atoms with Gasteiger partial charge in [0.25, 0.3) is 0 Å². The quantitative estimate of drug-likeness (QED) is 0.892. The molecule has 1 aliphatic heterocycles. The van der Waals surface area contributed by atoms with Crippen LogP contribution in [0, 0.1) is 0 Å². The molecule has 0 spiro atoms. The van der Waals surface area contributed by atoms with Crippen molar-refractivity contribution in [2.24, 2.45) is 0 Å². The van der Waals surface area contributed by atoms with E-state index in [4.69, 9.17) is 4.74 Å². The fraction of sp³-hybridized carbons (Fsp3) is 0.385. The van der Waals surface area contributed by atoms with Crippen molar-refractivity contribution in [3.63, 3.8) is 0 Å². The highest BCUT2D eigenvalue weighted by atomic mass is 16.5. The Morgan fingerprint density at radius 3 is 2.79 bits per heavy atom. The van der Waals surface area contributed by atoms with Gasteiger partial charge in [-0.15, -0.1) is 0 Å². The third kappa shape index (κ3) is 2.33. The molecule has 1 aliphatic rings. The number of para-hydroxylation sites is 2. The van der Waals surface area contributed by atoms with Crippen molar-refractivity contribution >= 4 is 17.7 Å². The number of nitrogens with zero attached hydrogens (tertiary/aromatic N) is 2. The number of hydrogen-bond acceptors (Lipinski definition) is 3. The minimum atomic E-state index is -1.02. The number of likely N-dealkylation sites (N-methyl/N-ethyl adjacent to an activating group) is 1. The summed E-state index contributed by atoms with van der Waals surface area (Å²) in [6, 6.07) is 5.73. The second-order valence-corrected chi connectivity index (χ2v) is 4.29. The number of aliphatic carboxylic acids is 1. The molecule has 1 aromatic rings. The van der Waals surface area contributed by atoms with Gasteiger partial charge in [0.05, 0.1) is 18.8 Å². The van der Waals surface area contributed by atoms with E-state index in [9.17, 15) is 14.7 Å². The van der Waals surface area contributed by atoms with Crippen LogP contribution >= 0.6 is 0 Å². The molecule has 0 aromatic heterocycles. The summed E-state index contributed by atoms with van der Waals surface area (Å²) in [6.45, 7) is 2.45. The number of carboxylic acid groups (broad SMARTS) is 1. The highest BCUT2D eigenvalue weighted by Crippen LogP contribution is 2.33. The summed E-state index contributed by atoms with van der Waals surface area (Å²) in [5.74, 6) is -0.510. The van der Waals surface area contributed by atoms with E-state index in [0.717, 1.165) is 0 Å². The lowest BCUT2D eigenvalue weighted by Gasteiger charge is -2.22. The van der Waals surface area contributed by atoms with E-state index in [1.807, 2.05) is 6.92 Å². The molecule has 1 heterocycles. The molecule has 0 bridgehead atoms. The van der Waals surface area contributed by atoms with Crippen LogP contribution in [0.5, 0.6) is 5.75 Å². The monoisotopic (exact) mass is 264 g/mol. The van der Waals surface area contributed by atoms with Gasteiger partial charge in [-0.3, -0.25) is 4.90 Å². The van der Waals surface area contributed by atoms with Crippen molar-refractivity contribution in [3.8, 4) is 5.75 Å². The molecule has 1 fully saturated rings. The molecule has 19 heavy (non-hydrogen) atoms. The highest BCUT2D eigenvalue weighted by Gasteiger charge is 2.41. The smallest absolute Gasteiger partial charge is 0.328 e. The number of benzene rings is 1. The molecule has 1 saturated heterocycles. The van der Waals surface area contributed by atoms with Crippen LogP contribution < -0.4 is 9.64 Å². The van der Waals surface area contributed by atoms with Crippen molar-refractivity contribution in [3.05, 3.63) is 24.3 Å². The Labute approximate surface area is 111 Å². The van der Waals surface area contributed by atoms with Gasteiger partial charge in [-0.05, 0) is 19.1 Å². The van der Waals surface area contributed by atoms with Crippen LogP contribution in [0.25, 0.3) is 0 Å². The second kappa shape index (κ2) is 5.17. The Kier molecular flexibility index (Phi) is 3.59. The summed E-state index contributed by atoms with van der Waals surface area (Å²) < 4.78 is 5.46. The number of amides is 2. The van der Waals surface area contributed by atoms with Crippen LogP contribution in [0.4, 0.5) is 10.5 Å². The van der Waals surface area contributed by atoms with Gasteiger partial charge in [0.15, 0.2) is 6.04 Å². The highest BCUT2D eigenvalue weighted by molar-refractivity contribution is 6.02. The normalized spacial score (nSPS) is 18.8. The first kappa shape index (κ1) is 13.2. The molecule has 1 N–H and O–H groups in total. The van der Waals surface area contributed by atoms with Crippen molar-refractivity contribution in [1.82, 2.24) is 4.90 Å². The lowest BCUT2D eigenvalue weighted by molar-refractivity contribution is -0.138. The lowest BCUT2D eigenvalue weighted by atomic mass is 10.2. The van der Waals surface area contributed by atoms with Crippen molar-refractivity contribution in [1.29, 1.82) is 0 Å². The van der Waals surface area contributed by atoms with E-state index >= 15 is 0 Å². The number of carbonyl (C=O) groups excluding carboxylic acids is 1. The fourth-order valence-corrected chi connectivity index (χ4v) is 2.13. The van der Waals surface area contributed by atoms with Gasteiger partial charge in [-0.25, -0.2) is 9.59 Å². The third-order valence-electron chi connectivity index (χ3n) is 3.00. The van der Waals surface area contributed by atoms with E-state index in [1.54, 1.807) is 31.3 Å². The standard InChI is InChI=1S/C13H16N2O4/c1-3-19-11-7-5-4-6-9(11)15-10(12(16)17)8-14(2)13(15)18/h4-7,10H,3,8H2,1-2H3,(H,16,17). The molecule has 2 amide bonds. The second-order valence-electron chi connectivity index (χ2n) is 4.29. The van der Waals surface area contributed by atoms with Crippen LogP contribution in [-0.4, -0.2) is 48.2 Å². The molecular formula is C13H16N2O4. The fourth-order valence-electron chi connectivity index (χ4n) is 2.13. The van der Waals surface area contributed by atoms with Gasteiger partial charge in [0.1, 0.15) is 5.75 Å². The zero-order chi connectivity index (χ0) is 14.0. The van der Waals surface area contributed by atoms with Crippen LogP contribution in [0.3, 0.4) is 0 Å². The summed E-state index contributed by atoms with van der Waals surface area (Å²) in [5.41, 5.74) is 0.492. The number of carboxylic acids is 1. The summed E-state index contributed by atoms with van der Waals surface area (Å²) >= 11 is 0. The Hall–Kier alpha value is -2.24. The Bertz CT molecular complexity index is 503. The van der Waals surface area contributed by atoms with Crippen molar-refractivity contribution in [2.75, 3.05) is 25.1 Å². The maximum Gasteiger partial charge on any atom is 0.328 e. The zero-order valence-corrected chi connectivity index (χ0v) is 10.9. The molecule has 0 aliphatic carbocycles. The summed E-state index contributed by atoms with van der Waals surface area (Å²) in [7, 11) is 1.58. The predicted octanol–water partition coefficient (Wildman–Crippen LogP) is 1.41. The molecular weight excluding hydrogens is 248 g/mol.